The van der Waals surface area contributed by atoms with Gasteiger partial charge in [-0.3, -0.25) is 10.1 Å². The Morgan fingerprint density at radius 1 is 1.29 bits per heavy atom. The van der Waals surface area contributed by atoms with E-state index in [1.165, 1.54) is 13.2 Å². The lowest BCUT2D eigenvalue weighted by Gasteiger charge is -2.12. The largest absolute Gasteiger partial charge is 0.493 e. The maximum Gasteiger partial charge on any atom is 0.343 e. The Hall–Kier alpha value is -2.67. The molecule has 24 heavy (non-hydrogen) atoms. The van der Waals surface area contributed by atoms with Gasteiger partial charge in [0.2, 0.25) is 6.20 Å². The van der Waals surface area contributed by atoms with Crippen molar-refractivity contribution in [3.05, 3.63) is 73.9 Å². The van der Waals surface area contributed by atoms with Crippen LogP contribution in [0.5, 0.6) is 11.5 Å². The monoisotopic (exact) mass is 391 g/mol. The van der Waals surface area contributed by atoms with E-state index in [1.54, 1.807) is 30.3 Å². The normalized spacial score (nSPS) is 10.6. The standard InChI is InChI=1S/C17H14BrNO5/c1-11-4-3-5-13(8-11)17(20)24-16-14(18)9-12(6-7-19(21)22)10-15(16)23-2/h3-10H,1-2H3/b7-6+. The quantitative estimate of drug-likeness (QED) is 0.329. The van der Waals surface area contributed by atoms with Gasteiger partial charge in [-0.25, -0.2) is 4.79 Å². The number of ether oxygens (including phenoxy) is 2. The highest BCUT2D eigenvalue weighted by Crippen LogP contribution is 2.37. The molecule has 2 aromatic carbocycles. The van der Waals surface area contributed by atoms with Crippen molar-refractivity contribution in [2.45, 2.75) is 6.92 Å². The van der Waals surface area contributed by atoms with Gasteiger partial charge in [-0.2, -0.15) is 0 Å². The Morgan fingerprint density at radius 2 is 2.04 bits per heavy atom. The molecule has 2 aromatic rings. The molecule has 0 heterocycles. The van der Waals surface area contributed by atoms with Gasteiger partial charge < -0.3 is 9.47 Å². The van der Waals surface area contributed by atoms with Crippen LogP contribution in [-0.2, 0) is 0 Å². The average Bonchev–Trinajstić information content (AvgIpc) is 2.54. The number of nitrogens with zero attached hydrogens (tertiary/aromatic N) is 1. The van der Waals surface area contributed by atoms with Crippen molar-refractivity contribution in [1.82, 2.24) is 0 Å². The summed E-state index contributed by atoms with van der Waals surface area (Å²) >= 11 is 3.30. The van der Waals surface area contributed by atoms with E-state index in [2.05, 4.69) is 15.9 Å². The van der Waals surface area contributed by atoms with Crippen molar-refractivity contribution in [2.24, 2.45) is 0 Å². The molecular weight excluding hydrogens is 378 g/mol. The average molecular weight is 392 g/mol. The number of carbonyl (C=O) groups is 1. The number of methoxy groups -OCH3 is 1. The third-order valence-corrected chi connectivity index (χ3v) is 3.68. The van der Waals surface area contributed by atoms with Gasteiger partial charge in [0.1, 0.15) is 0 Å². The Labute approximate surface area is 147 Å². The molecule has 0 N–H and O–H groups in total. The SMILES string of the molecule is COc1cc(/C=C/[N+](=O)[O-])cc(Br)c1OC(=O)c1cccc(C)c1. The highest BCUT2D eigenvalue weighted by molar-refractivity contribution is 9.10. The molecule has 7 heteroatoms. The topological polar surface area (TPSA) is 78.7 Å². The lowest BCUT2D eigenvalue weighted by molar-refractivity contribution is -0.400. The zero-order valence-electron chi connectivity index (χ0n) is 13.0. The van der Waals surface area contributed by atoms with Crippen LogP contribution in [-0.4, -0.2) is 18.0 Å². The van der Waals surface area contributed by atoms with E-state index < -0.39 is 10.9 Å². The van der Waals surface area contributed by atoms with Crippen LogP contribution in [0.1, 0.15) is 21.5 Å². The van der Waals surface area contributed by atoms with E-state index in [0.717, 1.165) is 11.8 Å². The van der Waals surface area contributed by atoms with E-state index in [0.29, 0.717) is 15.6 Å². The minimum atomic E-state index is -0.563. The Bertz CT molecular complexity index is 817. The van der Waals surface area contributed by atoms with Crippen LogP contribution >= 0.6 is 15.9 Å². The van der Waals surface area contributed by atoms with Crippen LogP contribution in [0.25, 0.3) is 6.08 Å². The van der Waals surface area contributed by atoms with Gasteiger partial charge in [0.05, 0.1) is 22.1 Å². The minimum Gasteiger partial charge on any atom is -0.493 e. The number of halogens is 1. The van der Waals surface area contributed by atoms with Crippen LogP contribution < -0.4 is 9.47 Å². The van der Waals surface area contributed by atoms with Gasteiger partial charge in [0.25, 0.3) is 0 Å². The fourth-order valence-electron chi connectivity index (χ4n) is 2.01. The summed E-state index contributed by atoms with van der Waals surface area (Å²) in [7, 11) is 1.42. The Balaban J connectivity index is 2.33. The minimum absolute atomic E-state index is 0.210. The van der Waals surface area contributed by atoms with E-state index in [-0.39, 0.29) is 11.5 Å². The zero-order chi connectivity index (χ0) is 17.7. The lowest BCUT2D eigenvalue weighted by atomic mass is 10.1. The first kappa shape index (κ1) is 17.7. The molecule has 124 valence electrons. The maximum atomic E-state index is 12.3. The molecule has 0 saturated carbocycles. The summed E-state index contributed by atoms with van der Waals surface area (Å²) < 4.78 is 11.1. The van der Waals surface area contributed by atoms with Crippen molar-refractivity contribution in [2.75, 3.05) is 7.11 Å². The molecule has 0 spiro atoms. The predicted molar refractivity (Wildman–Crippen MR) is 92.9 cm³/mol. The van der Waals surface area contributed by atoms with Crippen LogP contribution in [0.2, 0.25) is 0 Å². The molecule has 0 aliphatic carbocycles. The summed E-state index contributed by atoms with van der Waals surface area (Å²) in [6.07, 6.45) is 2.14. The molecule has 0 aromatic heterocycles. The number of rotatable bonds is 5. The Morgan fingerprint density at radius 3 is 2.67 bits per heavy atom. The summed E-state index contributed by atoms with van der Waals surface area (Å²) in [6, 6.07) is 10.2. The molecular formula is C17H14BrNO5. The van der Waals surface area contributed by atoms with Crippen molar-refractivity contribution in [3.63, 3.8) is 0 Å². The molecule has 0 bridgehead atoms. The number of nitro groups is 1. The number of hydrogen-bond donors (Lipinski definition) is 0. The van der Waals surface area contributed by atoms with Gasteiger partial charge in [0.15, 0.2) is 11.5 Å². The third kappa shape index (κ3) is 4.42. The van der Waals surface area contributed by atoms with E-state index in [4.69, 9.17) is 9.47 Å². The van der Waals surface area contributed by atoms with Gasteiger partial charge in [-0.05, 0) is 52.7 Å². The molecule has 0 amide bonds. The lowest BCUT2D eigenvalue weighted by Crippen LogP contribution is -2.10. The molecule has 0 radical (unpaired) electrons. The first-order valence-electron chi connectivity index (χ1n) is 6.89. The molecule has 0 aliphatic rings. The van der Waals surface area contributed by atoms with Crippen molar-refractivity contribution >= 4 is 28.0 Å². The van der Waals surface area contributed by atoms with E-state index >= 15 is 0 Å². The summed E-state index contributed by atoms with van der Waals surface area (Å²) in [6.45, 7) is 1.88. The molecule has 2 rings (SSSR count). The third-order valence-electron chi connectivity index (χ3n) is 3.09. The second kappa shape index (κ2) is 7.74. The number of esters is 1. The predicted octanol–water partition coefficient (Wildman–Crippen LogP) is 4.23. The number of aryl methyl sites for hydroxylation is 1. The number of benzene rings is 2. The van der Waals surface area contributed by atoms with Gasteiger partial charge >= 0.3 is 5.97 Å². The maximum absolute atomic E-state index is 12.3. The van der Waals surface area contributed by atoms with E-state index in [1.807, 2.05) is 13.0 Å². The van der Waals surface area contributed by atoms with Gasteiger partial charge in [-0.15, -0.1) is 0 Å². The Kier molecular flexibility index (Phi) is 5.70. The smallest absolute Gasteiger partial charge is 0.343 e. The summed E-state index contributed by atoms with van der Waals surface area (Å²) in [5, 5.41) is 10.4. The molecule has 6 nitrogen and oxygen atoms in total. The fourth-order valence-corrected chi connectivity index (χ4v) is 2.55. The summed E-state index contributed by atoms with van der Waals surface area (Å²) in [5.74, 6) is -0.0260. The first-order valence-corrected chi connectivity index (χ1v) is 7.68. The first-order chi connectivity index (χ1) is 11.4. The van der Waals surface area contributed by atoms with Gasteiger partial charge in [0, 0.05) is 6.08 Å². The van der Waals surface area contributed by atoms with Crippen LogP contribution in [0.4, 0.5) is 0 Å². The van der Waals surface area contributed by atoms with Crippen molar-refractivity contribution in [3.8, 4) is 11.5 Å². The summed E-state index contributed by atoms with van der Waals surface area (Å²) in [5.41, 5.74) is 1.89. The second-order valence-corrected chi connectivity index (χ2v) is 5.75. The van der Waals surface area contributed by atoms with Crippen LogP contribution in [0.3, 0.4) is 0 Å². The summed E-state index contributed by atoms with van der Waals surface area (Å²) in [4.78, 5) is 22.1. The van der Waals surface area contributed by atoms with Crippen molar-refractivity contribution < 1.29 is 19.2 Å². The highest BCUT2D eigenvalue weighted by Gasteiger charge is 2.16. The molecule has 0 fully saturated rings. The van der Waals surface area contributed by atoms with Crippen LogP contribution in [0, 0.1) is 17.0 Å². The number of carbonyl (C=O) groups excluding carboxylic acids is 1. The molecule has 0 aliphatic heterocycles. The highest BCUT2D eigenvalue weighted by atomic mass is 79.9. The van der Waals surface area contributed by atoms with Crippen molar-refractivity contribution in [1.29, 1.82) is 0 Å². The molecule has 0 unspecified atom stereocenters. The number of hydrogen-bond acceptors (Lipinski definition) is 5. The van der Waals surface area contributed by atoms with Crippen LogP contribution in [0.15, 0.2) is 47.1 Å². The zero-order valence-corrected chi connectivity index (χ0v) is 14.6. The molecule has 0 saturated heterocycles. The molecule has 0 atom stereocenters. The van der Waals surface area contributed by atoms with Gasteiger partial charge in [-0.1, -0.05) is 17.7 Å². The fraction of sp³-hybridized carbons (Fsp3) is 0.118. The second-order valence-electron chi connectivity index (χ2n) is 4.89. The van der Waals surface area contributed by atoms with E-state index in [9.17, 15) is 14.9 Å².